The minimum atomic E-state index is 0.571. The van der Waals surface area contributed by atoms with Crippen LogP contribution in [0.25, 0.3) is 105 Å². The Morgan fingerprint density at radius 2 is 0.963 bits per heavy atom. The molecule has 0 aliphatic carbocycles. The molecule has 0 N–H and O–H groups in total. The average molecular weight is 692 g/mol. The van der Waals surface area contributed by atoms with E-state index in [0.29, 0.717) is 17.5 Å². The van der Waals surface area contributed by atoms with Crippen LogP contribution in [0.3, 0.4) is 0 Å². The lowest BCUT2D eigenvalue weighted by Gasteiger charge is -2.11. The van der Waals surface area contributed by atoms with E-state index in [1.807, 2.05) is 30.5 Å². The van der Waals surface area contributed by atoms with Crippen molar-refractivity contribution in [2.45, 2.75) is 0 Å². The molecule has 0 aliphatic rings. The fourth-order valence-electron chi connectivity index (χ4n) is 7.68. The monoisotopic (exact) mass is 691 g/mol. The van der Waals surface area contributed by atoms with Gasteiger partial charge < -0.3 is 8.98 Å². The fourth-order valence-corrected chi connectivity index (χ4v) is 7.68. The number of aromatic nitrogens is 5. The summed E-state index contributed by atoms with van der Waals surface area (Å²) in [6.45, 7) is 0. The Morgan fingerprint density at radius 1 is 0.389 bits per heavy atom. The molecule has 54 heavy (non-hydrogen) atoms. The first-order valence-electron chi connectivity index (χ1n) is 17.9. The number of para-hydroxylation sites is 2. The van der Waals surface area contributed by atoms with Crippen molar-refractivity contribution in [3.05, 3.63) is 176 Å². The minimum Gasteiger partial charge on any atom is -0.456 e. The van der Waals surface area contributed by atoms with Crippen LogP contribution in [-0.4, -0.2) is 24.5 Å². The van der Waals surface area contributed by atoms with Crippen LogP contribution in [-0.2, 0) is 0 Å². The van der Waals surface area contributed by atoms with E-state index in [1.54, 1.807) is 6.20 Å². The highest BCUT2D eigenvalue weighted by Gasteiger charge is 2.17. The van der Waals surface area contributed by atoms with Crippen LogP contribution in [0.15, 0.2) is 181 Å². The number of hydrogen-bond donors (Lipinski definition) is 0. The van der Waals surface area contributed by atoms with Gasteiger partial charge in [-0.15, -0.1) is 0 Å². The smallest absolute Gasteiger partial charge is 0.164 e. The third kappa shape index (κ3) is 4.96. The van der Waals surface area contributed by atoms with Gasteiger partial charge in [0.2, 0.25) is 0 Å². The number of hydrogen-bond acceptors (Lipinski definition) is 5. The second-order valence-corrected chi connectivity index (χ2v) is 13.6. The molecule has 0 radical (unpaired) electrons. The maximum absolute atomic E-state index is 6.23. The van der Waals surface area contributed by atoms with Gasteiger partial charge in [0.05, 0.1) is 11.0 Å². The van der Waals surface area contributed by atoms with Crippen LogP contribution >= 0.6 is 0 Å². The van der Waals surface area contributed by atoms with Gasteiger partial charge in [0.25, 0.3) is 0 Å². The molecule has 6 heteroatoms. The van der Waals surface area contributed by atoms with Gasteiger partial charge >= 0.3 is 0 Å². The van der Waals surface area contributed by atoms with Crippen molar-refractivity contribution >= 4 is 54.5 Å². The summed E-state index contributed by atoms with van der Waals surface area (Å²) < 4.78 is 8.54. The van der Waals surface area contributed by atoms with Gasteiger partial charge in [-0.2, -0.15) is 0 Å². The Labute approximate surface area is 309 Å². The lowest BCUT2D eigenvalue weighted by Crippen LogP contribution is -2.00. The molecular weight excluding hydrogens is 663 g/mol. The van der Waals surface area contributed by atoms with Crippen molar-refractivity contribution in [1.29, 1.82) is 0 Å². The van der Waals surface area contributed by atoms with Crippen molar-refractivity contribution < 1.29 is 4.42 Å². The van der Waals surface area contributed by atoms with Crippen LogP contribution in [0.1, 0.15) is 0 Å². The molecular formula is C48H29N5O. The van der Waals surface area contributed by atoms with Gasteiger partial charge in [-0.05, 0) is 88.6 Å². The van der Waals surface area contributed by atoms with E-state index in [1.165, 1.54) is 32.9 Å². The number of benzene rings is 7. The third-order valence-corrected chi connectivity index (χ3v) is 10.3. The van der Waals surface area contributed by atoms with Crippen LogP contribution in [0.4, 0.5) is 0 Å². The van der Waals surface area contributed by atoms with Crippen molar-refractivity contribution in [1.82, 2.24) is 24.5 Å². The van der Waals surface area contributed by atoms with Gasteiger partial charge in [0.15, 0.2) is 17.5 Å². The Kier molecular flexibility index (Phi) is 6.75. The van der Waals surface area contributed by atoms with Crippen LogP contribution in [0, 0.1) is 0 Å². The maximum atomic E-state index is 6.23. The highest BCUT2D eigenvalue weighted by atomic mass is 16.3. The maximum Gasteiger partial charge on any atom is 0.164 e. The molecule has 4 aromatic heterocycles. The fraction of sp³-hybridized carbons (Fsp3) is 0. The molecule has 11 aromatic rings. The summed E-state index contributed by atoms with van der Waals surface area (Å²) >= 11 is 0. The molecule has 0 saturated carbocycles. The summed E-state index contributed by atoms with van der Waals surface area (Å²) in [5, 5.41) is 6.71. The summed E-state index contributed by atoms with van der Waals surface area (Å²) in [6.07, 6.45) is 3.58. The van der Waals surface area contributed by atoms with Crippen molar-refractivity contribution in [3.63, 3.8) is 0 Å². The third-order valence-electron chi connectivity index (χ3n) is 10.3. The highest BCUT2D eigenvalue weighted by molar-refractivity contribution is 6.09. The molecule has 0 unspecified atom stereocenters. The van der Waals surface area contributed by atoms with E-state index < -0.39 is 0 Å². The minimum absolute atomic E-state index is 0.571. The highest BCUT2D eigenvalue weighted by Crippen LogP contribution is 2.35. The number of rotatable bonds is 5. The second-order valence-electron chi connectivity index (χ2n) is 13.6. The Morgan fingerprint density at radius 3 is 1.69 bits per heavy atom. The Balaban J connectivity index is 1.05. The molecule has 252 valence electrons. The zero-order valence-corrected chi connectivity index (χ0v) is 28.9. The van der Waals surface area contributed by atoms with E-state index in [9.17, 15) is 0 Å². The first-order chi connectivity index (χ1) is 26.7. The lowest BCUT2D eigenvalue weighted by atomic mass is 10.00. The van der Waals surface area contributed by atoms with E-state index in [-0.39, 0.29) is 0 Å². The summed E-state index contributed by atoms with van der Waals surface area (Å²) in [4.78, 5) is 19.6. The SMILES string of the molecule is c1ccc(-c2ccc3cc(-c4nc(-c5ccc(-n6c7ccccc7c7ccccc76)cc5)nc(-c5ccc6c(c5)oc5ccncc56)n4)ccc3c2)cc1. The van der Waals surface area contributed by atoms with Crippen molar-refractivity contribution in [2.75, 3.05) is 0 Å². The van der Waals surface area contributed by atoms with Gasteiger partial charge in [0, 0.05) is 56.3 Å². The van der Waals surface area contributed by atoms with E-state index in [2.05, 4.69) is 149 Å². The summed E-state index contributed by atoms with van der Waals surface area (Å²) in [5.74, 6) is 1.77. The predicted octanol–water partition coefficient (Wildman–Crippen LogP) is 12.1. The normalized spacial score (nSPS) is 11.7. The molecule has 0 bridgehead atoms. The van der Waals surface area contributed by atoms with E-state index >= 15 is 0 Å². The Hall–Kier alpha value is -7.44. The zero-order chi connectivity index (χ0) is 35.6. The molecule has 11 rings (SSSR count). The van der Waals surface area contributed by atoms with E-state index in [4.69, 9.17) is 19.4 Å². The zero-order valence-electron chi connectivity index (χ0n) is 28.9. The average Bonchev–Trinajstić information content (AvgIpc) is 3.79. The van der Waals surface area contributed by atoms with Gasteiger partial charge in [-0.1, -0.05) is 97.1 Å². The van der Waals surface area contributed by atoms with Crippen LogP contribution < -0.4 is 0 Å². The second kappa shape index (κ2) is 12.1. The first kappa shape index (κ1) is 30.2. The number of furan rings is 1. The summed E-state index contributed by atoms with van der Waals surface area (Å²) in [7, 11) is 0. The van der Waals surface area contributed by atoms with Crippen LogP contribution in [0.5, 0.6) is 0 Å². The summed E-state index contributed by atoms with van der Waals surface area (Å²) in [5.41, 5.74) is 9.98. The Bertz CT molecular complexity index is 3160. The largest absolute Gasteiger partial charge is 0.456 e. The quantitative estimate of drug-likeness (QED) is 0.180. The molecule has 0 atom stereocenters. The molecule has 6 nitrogen and oxygen atoms in total. The van der Waals surface area contributed by atoms with Gasteiger partial charge in [-0.25, -0.2) is 15.0 Å². The molecule has 7 aromatic carbocycles. The molecule has 0 fully saturated rings. The lowest BCUT2D eigenvalue weighted by molar-refractivity contribution is 0.668. The number of pyridine rings is 1. The van der Waals surface area contributed by atoms with Crippen molar-refractivity contribution in [3.8, 4) is 51.0 Å². The first-order valence-corrected chi connectivity index (χ1v) is 17.9. The van der Waals surface area contributed by atoms with Crippen molar-refractivity contribution in [2.24, 2.45) is 0 Å². The summed E-state index contributed by atoms with van der Waals surface area (Å²) in [6, 6.07) is 57.0. The van der Waals surface area contributed by atoms with Gasteiger partial charge in [-0.3, -0.25) is 4.98 Å². The molecule has 0 amide bonds. The van der Waals surface area contributed by atoms with Crippen LogP contribution in [0.2, 0.25) is 0 Å². The number of fused-ring (bicyclic) bond motifs is 7. The van der Waals surface area contributed by atoms with E-state index in [0.717, 1.165) is 55.1 Å². The topological polar surface area (TPSA) is 69.6 Å². The molecule has 4 heterocycles. The molecule has 0 spiro atoms. The van der Waals surface area contributed by atoms with Gasteiger partial charge in [0.1, 0.15) is 11.2 Å². The predicted molar refractivity (Wildman–Crippen MR) is 218 cm³/mol. The molecule has 0 saturated heterocycles. The standard InChI is InChI=1S/C48H29N5O/c1-2-8-30(9-3-1)32-14-15-34-27-35(17-16-33(34)26-32)47-50-46(51-48(52-47)36-20-23-40-41-29-49-25-24-44(41)54-45(40)28-36)31-18-21-37(22-19-31)53-42-12-6-4-10-38(42)39-11-5-7-13-43(39)53/h1-29H. The molecule has 0 aliphatic heterocycles. The number of nitrogens with zero attached hydrogens (tertiary/aromatic N) is 5.